The van der Waals surface area contributed by atoms with Gasteiger partial charge in [0.1, 0.15) is 0 Å². The van der Waals surface area contributed by atoms with E-state index in [1.54, 1.807) is 4.57 Å². The quantitative estimate of drug-likeness (QED) is 0.226. The maximum atomic E-state index is 11.4. The van der Waals surface area contributed by atoms with Crippen LogP contribution >= 0.6 is 12.2 Å². The van der Waals surface area contributed by atoms with Crippen molar-refractivity contribution in [3.63, 3.8) is 0 Å². The van der Waals surface area contributed by atoms with Crippen molar-refractivity contribution in [3.8, 4) is 5.88 Å². The molecule has 3 aromatic carbocycles. The average molecular weight is 522 g/mol. The van der Waals surface area contributed by atoms with E-state index in [1.807, 2.05) is 42.5 Å². The van der Waals surface area contributed by atoms with Crippen molar-refractivity contribution >= 4 is 49.6 Å². The Labute approximate surface area is 215 Å². The predicted octanol–water partition coefficient (Wildman–Crippen LogP) is 5.82. The number of benzene rings is 3. The van der Waals surface area contributed by atoms with E-state index >= 15 is 0 Å². The Kier molecular flexibility index (Phi) is 6.94. The highest BCUT2D eigenvalue weighted by molar-refractivity contribution is 7.89. The van der Waals surface area contributed by atoms with Gasteiger partial charge in [-0.15, -0.1) is 10.2 Å². The molecule has 0 aliphatic rings. The molecule has 0 unspecified atom stereocenters. The van der Waals surface area contributed by atoms with Crippen LogP contribution in [0.3, 0.4) is 0 Å². The second-order valence-corrected chi connectivity index (χ2v) is 11.4. The van der Waals surface area contributed by atoms with Gasteiger partial charge in [0.25, 0.3) is 0 Å². The van der Waals surface area contributed by atoms with Gasteiger partial charge >= 0.3 is 0 Å². The standard InChI is InChI=1S/C26H27N5O3S2/c1-26(2,3)18-9-14-22-21(15-18)23(24(32)31(22)16-17-7-5-4-6-8-17)29-30-25(35)28-19-10-12-20(13-11-19)36(27,33)34/h4-15,32H,16H2,1-3H3,(H,28,35)(H2,27,33,34). The van der Waals surface area contributed by atoms with Crippen LogP contribution in [0.25, 0.3) is 10.9 Å². The van der Waals surface area contributed by atoms with Gasteiger partial charge in [-0.05, 0) is 65.2 Å². The van der Waals surface area contributed by atoms with Gasteiger partial charge in [-0.3, -0.25) is 0 Å². The lowest BCUT2D eigenvalue weighted by atomic mass is 9.86. The van der Waals surface area contributed by atoms with Gasteiger partial charge in [-0.1, -0.05) is 57.2 Å². The van der Waals surface area contributed by atoms with Gasteiger partial charge in [-0.25, -0.2) is 13.6 Å². The summed E-state index contributed by atoms with van der Waals surface area (Å²) in [5, 5.41) is 28.4. The number of azo groups is 1. The van der Waals surface area contributed by atoms with E-state index in [2.05, 4.69) is 42.4 Å². The number of nitrogens with zero attached hydrogens (tertiary/aromatic N) is 3. The number of nitrogens with two attached hydrogens (primary N) is 1. The molecule has 1 aromatic heterocycles. The first-order valence-corrected chi connectivity index (χ1v) is 13.1. The van der Waals surface area contributed by atoms with E-state index in [1.165, 1.54) is 24.3 Å². The fraction of sp³-hybridized carbons (Fsp3) is 0.192. The molecule has 0 bridgehead atoms. The zero-order valence-electron chi connectivity index (χ0n) is 20.1. The molecule has 4 rings (SSSR count). The number of nitrogens with one attached hydrogen (secondary N) is 1. The van der Waals surface area contributed by atoms with Crippen LogP contribution in [0.4, 0.5) is 11.4 Å². The molecule has 0 saturated heterocycles. The minimum atomic E-state index is -3.79. The molecule has 0 fully saturated rings. The lowest BCUT2D eigenvalue weighted by molar-refractivity contribution is 0.429. The number of thiocarbonyl (C=S) groups is 1. The molecule has 0 atom stereocenters. The van der Waals surface area contributed by atoms with Crippen molar-refractivity contribution in [1.29, 1.82) is 0 Å². The SMILES string of the molecule is CC(C)(C)c1ccc2c(c1)c(N=NC(=S)Nc1ccc(S(N)(=O)=O)cc1)c(O)n2Cc1ccccc1. The first-order chi connectivity index (χ1) is 16.9. The van der Waals surface area contributed by atoms with Crippen LogP contribution in [-0.4, -0.2) is 23.2 Å². The Bertz CT molecular complexity index is 1550. The molecule has 0 saturated carbocycles. The first-order valence-electron chi connectivity index (χ1n) is 11.2. The van der Waals surface area contributed by atoms with Crippen molar-refractivity contribution < 1.29 is 13.5 Å². The number of hydrogen-bond acceptors (Lipinski definition) is 5. The molecule has 36 heavy (non-hydrogen) atoms. The molecular formula is C26H27N5O3S2. The summed E-state index contributed by atoms with van der Waals surface area (Å²) in [5.74, 6) is -0.0102. The van der Waals surface area contributed by atoms with E-state index in [0.29, 0.717) is 17.9 Å². The smallest absolute Gasteiger partial charge is 0.238 e. The fourth-order valence-electron chi connectivity index (χ4n) is 3.79. The maximum Gasteiger partial charge on any atom is 0.238 e. The Hall–Kier alpha value is -3.60. The molecule has 0 aliphatic heterocycles. The third kappa shape index (κ3) is 5.62. The third-order valence-electron chi connectivity index (χ3n) is 5.73. The summed E-state index contributed by atoms with van der Waals surface area (Å²) in [4.78, 5) is -0.00797. The van der Waals surface area contributed by atoms with Gasteiger partial charge < -0.3 is 15.0 Å². The van der Waals surface area contributed by atoms with Crippen molar-refractivity contribution in [1.82, 2.24) is 4.57 Å². The number of fused-ring (bicyclic) bond motifs is 1. The average Bonchev–Trinajstić information content (AvgIpc) is 3.07. The molecular weight excluding hydrogens is 494 g/mol. The van der Waals surface area contributed by atoms with Crippen LogP contribution in [0.5, 0.6) is 5.88 Å². The summed E-state index contributed by atoms with van der Waals surface area (Å²) < 4.78 is 24.7. The van der Waals surface area contributed by atoms with Crippen LogP contribution in [0, 0.1) is 0 Å². The summed E-state index contributed by atoms with van der Waals surface area (Å²) in [6.45, 7) is 6.83. The number of sulfonamides is 1. The normalized spacial score (nSPS) is 12.3. The number of rotatable bonds is 5. The Morgan fingerprint density at radius 3 is 2.33 bits per heavy atom. The van der Waals surface area contributed by atoms with Crippen molar-refractivity contribution in [2.75, 3.05) is 5.32 Å². The minimum absolute atomic E-state index is 0.00797. The van der Waals surface area contributed by atoms with E-state index < -0.39 is 10.0 Å². The van der Waals surface area contributed by atoms with Crippen LogP contribution in [0.15, 0.2) is 87.9 Å². The molecule has 4 N–H and O–H groups in total. The zero-order valence-corrected chi connectivity index (χ0v) is 21.8. The molecule has 1 heterocycles. The van der Waals surface area contributed by atoms with Crippen LogP contribution in [0.2, 0.25) is 0 Å². The first kappa shape index (κ1) is 25.5. The van der Waals surface area contributed by atoms with E-state index in [4.69, 9.17) is 17.4 Å². The number of hydrogen-bond donors (Lipinski definition) is 3. The highest BCUT2D eigenvalue weighted by Crippen LogP contribution is 2.41. The van der Waals surface area contributed by atoms with Crippen molar-refractivity contribution in [3.05, 3.63) is 83.9 Å². The molecule has 0 aliphatic carbocycles. The van der Waals surface area contributed by atoms with Crippen LogP contribution < -0.4 is 10.5 Å². The van der Waals surface area contributed by atoms with Gasteiger partial charge in [0.15, 0.2) is 5.69 Å². The van der Waals surface area contributed by atoms with Crippen LogP contribution in [-0.2, 0) is 22.0 Å². The highest BCUT2D eigenvalue weighted by Gasteiger charge is 2.21. The fourth-order valence-corrected chi connectivity index (χ4v) is 4.46. The molecule has 4 aromatic rings. The van der Waals surface area contributed by atoms with Gasteiger partial charge in [0.05, 0.1) is 17.0 Å². The monoisotopic (exact) mass is 521 g/mol. The Morgan fingerprint density at radius 2 is 1.72 bits per heavy atom. The van der Waals surface area contributed by atoms with E-state index in [0.717, 1.165) is 22.0 Å². The van der Waals surface area contributed by atoms with Gasteiger partial charge in [0, 0.05) is 11.1 Å². The minimum Gasteiger partial charge on any atom is -0.493 e. The Balaban J connectivity index is 1.68. The largest absolute Gasteiger partial charge is 0.493 e. The summed E-state index contributed by atoms with van der Waals surface area (Å²) in [7, 11) is -3.79. The Morgan fingerprint density at radius 1 is 1.06 bits per heavy atom. The molecule has 8 nitrogen and oxygen atoms in total. The van der Waals surface area contributed by atoms with Crippen molar-refractivity contribution in [2.45, 2.75) is 37.6 Å². The summed E-state index contributed by atoms with van der Waals surface area (Å²) in [5.41, 5.74) is 3.71. The van der Waals surface area contributed by atoms with E-state index in [9.17, 15) is 13.5 Å². The van der Waals surface area contributed by atoms with Gasteiger partial charge in [0.2, 0.25) is 21.0 Å². The maximum absolute atomic E-state index is 11.4. The van der Waals surface area contributed by atoms with Crippen LogP contribution in [0.1, 0.15) is 31.9 Å². The predicted molar refractivity (Wildman–Crippen MR) is 146 cm³/mol. The lowest BCUT2D eigenvalue weighted by Gasteiger charge is -2.19. The number of primary sulfonamides is 1. The molecule has 0 spiro atoms. The topological polar surface area (TPSA) is 122 Å². The number of aromatic nitrogens is 1. The van der Waals surface area contributed by atoms with Crippen molar-refractivity contribution in [2.24, 2.45) is 15.4 Å². The highest BCUT2D eigenvalue weighted by atomic mass is 32.2. The third-order valence-corrected chi connectivity index (χ3v) is 6.85. The van der Waals surface area contributed by atoms with Gasteiger partial charge in [-0.2, -0.15) is 0 Å². The molecule has 186 valence electrons. The second kappa shape index (κ2) is 9.81. The zero-order chi connectivity index (χ0) is 26.1. The summed E-state index contributed by atoms with van der Waals surface area (Å²) in [6.07, 6.45) is 0. The van der Waals surface area contributed by atoms with E-state index in [-0.39, 0.29) is 21.3 Å². The summed E-state index contributed by atoms with van der Waals surface area (Å²) in [6, 6.07) is 21.7. The molecule has 0 amide bonds. The number of anilines is 1. The molecule has 0 radical (unpaired) electrons. The lowest BCUT2D eigenvalue weighted by Crippen LogP contribution is -2.12. The summed E-state index contributed by atoms with van der Waals surface area (Å²) >= 11 is 5.30. The number of aromatic hydroxyl groups is 1. The molecule has 10 heteroatoms. The second-order valence-electron chi connectivity index (χ2n) is 9.43.